The van der Waals surface area contributed by atoms with Crippen molar-refractivity contribution in [3.8, 4) is 5.75 Å². The van der Waals surface area contributed by atoms with Gasteiger partial charge >= 0.3 is 0 Å². The number of fused-ring (bicyclic) bond motifs is 3. The number of carbonyl (C=O) groups is 4. The molecule has 0 aliphatic heterocycles. The van der Waals surface area contributed by atoms with Gasteiger partial charge in [0, 0.05) is 11.5 Å². The van der Waals surface area contributed by atoms with E-state index in [0.29, 0.717) is 0 Å². The Bertz CT molecular complexity index is 1420. The molecule has 216 valence electrons. The van der Waals surface area contributed by atoms with Crippen molar-refractivity contribution in [1.82, 2.24) is 9.80 Å². The van der Waals surface area contributed by atoms with E-state index in [4.69, 9.17) is 17.3 Å². The number of nitrogens with one attached hydrogen (secondary N) is 1. The first kappa shape index (κ1) is 29.5. The number of hydrogen-bond acceptors (Lipinski definition) is 11. The number of primary amides is 1. The smallest absolute Gasteiger partial charge is 0.255 e. The van der Waals surface area contributed by atoms with Crippen molar-refractivity contribution < 1.29 is 44.7 Å². The Labute approximate surface area is 234 Å². The number of hydrogen-bond donors (Lipinski definition) is 7. The van der Waals surface area contributed by atoms with Crippen LogP contribution in [0.25, 0.3) is 5.76 Å². The molecule has 4 rings (SSSR count). The number of aromatic hydroxyl groups is 1. The summed E-state index contributed by atoms with van der Waals surface area (Å²) < 4.78 is 0. The minimum Gasteiger partial charge on any atom is -0.508 e. The Morgan fingerprint density at radius 1 is 1.15 bits per heavy atom. The van der Waals surface area contributed by atoms with Crippen LogP contribution in [0.2, 0.25) is 5.02 Å². The van der Waals surface area contributed by atoms with Crippen molar-refractivity contribution in [3.05, 3.63) is 39.1 Å². The van der Waals surface area contributed by atoms with Crippen LogP contribution in [-0.2, 0) is 19.2 Å². The van der Waals surface area contributed by atoms with Gasteiger partial charge in [0.2, 0.25) is 11.7 Å². The molecule has 13 nitrogen and oxygen atoms in total. The van der Waals surface area contributed by atoms with Crippen LogP contribution in [-0.4, -0.2) is 111 Å². The van der Waals surface area contributed by atoms with Gasteiger partial charge in [-0.25, -0.2) is 0 Å². The lowest BCUT2D eigenvalue weighted by atomic mass is 9.54. The summed E-state index contributed by atoms with van der Waals surface area (Å²) in [5, 5.41) is 59.2. The van der Waals surface area contributed by atoms with Crippen LogP contribution in [0.3, 0.4) is 0 Å². The molecule has 6 atom stereocenters. The molecule has 2 amide bonds. The summed E-state index contributed by atoms with van der Waals surface area (Å²) in [5.41, 5.74) is 0.455. The largest absolute Gasteiger partial charge is 0.508 e. The fraction of sp³-hybridized carbons (Fsp3) is 0.462. The van der Waals surface area contributed by atoms with Crippen molar-refractivity contribution >= 4 is 46.4 Å². The normalized spacial score (nSPS) is 29.9. The highest BCUT2D eigenvalue weighted by atomic mass is 35.5. The number of phenolic OH excluding ortho intramolecular Hbond substituents is 1. The number of Topliss-reactive ketones (excluding diaryl/α,β-unsaturated/α-hetero) is 2. The molecule has 1 aromatic rings. The van der Waals surface area contributed by atoms with Crippen LogP contribution in [0.5, 0.6) is 5.75 Å². The van der Waals surface area contributed by atoms with Gasteiger partial charge in [0.15, 0.2) is 17.1 Å². The maximum atomic E-state index is 14.0. The molecule has 0 aromatic heterocycles. The molecule has 14 heteroatoms. The van der Waals surface area contributed by atoms with Crippen LogP contribution >= 0.6 is 11.6 Å². The lowest BCUT2D eigenvalue weighted by Crippen LogP contribution is -2.70. The van der Waals surface area contributed by atoms with Crippen molar-refractivity contribution in [2.45, 2.75) is 30.6 Å². The average molecular weight is 579 g/mol. The summed E-state index contributed by atoms with van der Waals surface area (Å²) in [7, 11) is 6.15. The van der Waals surface area contributed by atoms with E-state index >= 15 is 0 Å². The minimum absolute atomic E-state index is 0.0585. The fourth-order valence-corrected chi connectivity index (χ4v) is 6.48. The number of nitrogens with two attached hydrogens (primary N) is 1. The number of ketones is 2. The van der Waals surface area contributed by atoms with Crippen LogP contribution in [0, 0.1) is 11.8 Å². The molecule has 3 aliphatic rings. The predicted molar refractivity (Wildman–Crippen MR) is 143 cm³/mol. The molecule has 8 N–H and O–H groups in total. The van der Waals surface area contributed by atoms with Gasteiger partial charge in [0.25, 0.3) is 5.91 Å². The minimum atomic E-state index is -3.02. The quantitative estimate of drug-likeness (QED) is 0.177. The van der Waals surface area contributed by atoms with E-state index in [0.717, 1.165) is 0 Å². The Hall–Kier alpha value is -3.49. The zero-order valence-corrected chi connectivity index (χ0v) is 23.1. The molecule has 0 radical (unpaired) electrons. The number of likely N-dealkylation sites (N-methyl/N-ethyl adjacent to an activating group) is 2. The topological polar surface area (TPSA) is 214 Å². The van der Waals surface area contributed by atoms with E-state index in [2.05, 4.69) is 5.32 Å². The second kappa shape index (κ2) is 9.85. The summed E-state index contributed by atoms with van der Waals surface area (Å²) >= 11 is 6.39. The predicted octanol–water partition coefficient (Wildman–Crippen LogP) is -0.351. The number of amides is 2. The number of carbonyl (C=O) groups excluding carboxylic acids is 4. The van der Waals surface area contributed by atoms with Gasteiger partial charge in [0.05, 0.1) is 35.2 Å². The van der Waals surface area contributed by atoms with E-state index in [-0.39, 0.29) is 28.4 Å². The van der Waals surface area contributed by atoms with Crippen molar-refractivity contribution in [3.63, 3.8) is 0 Å². The Balaban J connectivity index is 1.98. The lowest BCUT2D eigenvalue weighted by molar-refractivity contribution is -0.169. The lowest BCUT2D eigenvalue weighted by Gasteiger charge is -2.53. The molecule has 1 saturated carbocycles. The van der Waals surface area contributed by atoms with Crippen molar-refractivity contribution in [2.24, 2.45) is 17.6 Å². The van der Waals surface area contributed by atoms with E-state index < -0.39 is 87.3 Å². The van der Waals surface area contributed by atoms with E-state index in [1.807, 2.05) is 0 Å². The molecular weight excluding hydrogens is 548 g/mol. The Morgan fingerprint density at radius 3 is 2.27 bits per heavy atom. The maximum absolute atomic E-state index is 14.0. The highest BCUT2D eigenvalue weighted by molar-refractivity contribution is 6.34. The van der Waals surface area contributed by atoms with Gasteiger partial charge < -0.3 is 41.5 Å². The van der Waals surface area contributed by atoms with Gasteiger partial charge in [-0.1, -0.05) is 18.5 Å². The van der Waals surface area contributed by atoms with Crippen molar-refractivity contribution in [2.75, 3.05) is 40.1 Å². The average Bonchev–Trinajstić information content (AvgIpc) is 2.83. The molecule has 1 fully saturated rings. The van der Waals surface area contributed by atoms with Gasteiger partial charge in [-0.2, -0.15) is 0 Å². The number of nitrogens with zero attached hydrogens (tertiary/aromatic N) is 2. The second-order valence-electron chi connectivity index (χ2n) is 10.9. The van der Waals surface area contributed by atoms with E-state index in [1.165, 1.54) is 25.1 Å². The standard InChI is InChI=1S/C26H31ClN4O9/c1-8-9-6-10(27)17(29-11(32)7-30(2)3)21(35)13(9)19(33)14-12(8)20(34)16-18(31(4)5)22(36)15(25(28)39)24(38)26(16,40)23(14)37/h6,8,12,16,18,20,33-35,38,40H,7H2,1-5H3,(H2,28,39)(H,29,32)/t8-,12?,16?,18-,20?,26-/m0/s1. The highest BCUT2D eigenvalue weighted by Gasteiger charge is 2.68. The zero-order valence-electron chi connectivity index (χ0n) is 22.4. The SMILES string of the molecule is C[C@H]1c2cc(Cl)c(NC(=O)CN(C)C)c(O)c2C(O)=C2C(=O)[C@]3(O)C(O)=C(C(N)=O)C(=O)[C@@H](N(C)C)C3C(O)C21. The molecule has 0 saturated heterocycles. The molecular formula is C26H31ClN4O9. The Kier molecular flexibility index (Phi) is 7.27. The number of halogens is 1. The fourth-order valence-electron chi connectivity index (χ4n) is 6.23. The summed E-state index contributed by atoms with van der Waals surface area (Å²) in [6, 6.07) is -0.0823. The summed E-state index contributed by atoms with van der Waals surface area (Å²) in [6.07, 6.45) is -1.73. The Morgan fingerprint density at radius 2 is 1.75 bits per heavy atom. The molecule has 0 heterocycles. The number of phenols is 1. The third-order valence-corrected chi connectivity index (χ3v) is 8.23. The van der Waals surface area contributed by atoms with Crippen LogP contribution in [0.4, 0.5) is 5.69 Å². The molecule has 40 heavy (non-hydrogen) atoms. The number of aliphatic hydroxyl groups is 4. The van der Waals surface area contributed by atoms with Crippen LogP contribution in [0.1, 0.15) is 24.0 Å². The first-order chi connectivity index (χ1) is 18.5. The third-order valence-electron chi connectivity index (χ3n) is 7.93. The first-order valence-electron chi connectivity index (χ1n) is 12.3. The summed E-state index contributed by atoms with van der Waals surface area (Å²) in [6.45, 7) is 1.52. The second-order valence-corrected chi connectivity index (χ2v) is 11.3. The van der Waals surface area contributed by atoms with Gasteiger partial charge in [0.1, 0.15) is 22.8 Å². The first-order valence-corrected chi connectivity index (χ1v) is 12.7. The van der Waals surface area contributed by atoms with E-state index in [9.17, 15) is 44.7 Å². The van der Waals surface area contributed by atoms with Crippen LogP contribution < -0.4 is 11.1 Å². The molecule has 1 aromatic carbocycles. The van der Waals surface area contributed by atoms with Crippen LogP contribution in [0.15, 0.2) is 23.0 Å². The monoisotopic (exact) mass is 578 g/mol. The van der Waals surface area contributed by atoms with Crippen molar-refractivity contribution in [1.29, 1.82) is 0 Å². The van der Waals surface area contributed by atoms with Gasteiger partial charge in [-0.3, -0.25) is 24.1 Å². The number of rotatable bonds is 5. The number of benzene rings is 1. The number of anilines is 1. The summed E-state index contributed by atoms with van der Waals surface area (Å²) in [4.78, 5) is 54.6. The number of aliphatic hydroxyl groups excluding tert-OH is 3. The van der Waals surface area contributed by atoms with Gasteiger partial charge in [-0.15, -0.1) is 0 Å². The molecule has 0 spiro atoms. The highest BCUT2D eigenvalue weighted by Crippen LogP contribution is 2.57. The van der Waals surface area contributed by atoms with Gasteiger partial charge in [-0.05, 0) is 45.7 Å². The summed E-state index contributed by atoms with van der Waals surface area (Å²) in [5.74, 6) is -10.8. The zero-order chi connectivity index (χ0) is 30.2. The molecule has 3 unspecified atom stereocenters. The maximum Gasteiger partial charge on any atom is 0.255 e. The molecule has 3 aliphatic carbocycles. The van der Waals surface area contributed by atoms with E-state index in [1.54, 1.807) is 25.9 Å². The third kappa shape index (κ3) is 3.99. The molecule has 0 bridgehead atoms.